The number of aliphatic hydroxyl groups is 2. The first-order chi connectivity index (χ1) is 7.03. The number of ether oxygens (including phenoxy) is 1. The van der Waals surface area contributed by atoms with E-state index < -0.39 is 5.79 Å². The molecule has 0 radical (unpaired) electrons. The van der Waals surface area contributed by atoms with E-state index in [-0.39, 0.29) is 6.61 Å². The highest BCUT2D eigenvalue weighted by Gasteiger charge is 2.16. The molecule has 1 aromatic rings. The Bertz CT molecular complexity index is 302. The average molecular weight is 210 g/mol. The van der Waals surface area contributed by atoms with E-state index in [1.165, 1.54) is 6.92 Å². The highest BCUT2D eigenvalue weighted by Crippen LogP contribution is 2.20. The Balaban J connectivity index is 2.67. The van der Waals surface area contributed by atoms with Gasteiger partial charge in [-0.15, -0.1) is 0 Å². The normalized spacial score (nSPS) is 11.5. The molecule has 0 unspecified atom stereocenters. The van der Waals surface area contributed by atoms with Crippen molar-refractivity contribution in [2.24, 2.45) is 0 Å². The van der Waals surface area contributed by atoms with Crippen molar-refractivity contribution in [3.8, 4) is 5.75 Å². The lowest BCUT2D eigenvalue weighted by atomic mass is 10.1. The lowest BCUT2D eigenvalue weighted by Crippen LogP contribution is -2.31. The molecule has 2 N–H and O–H groups in total. The fourth-order valence-electron chi connectivity index (χ4n) is 1.33. The van der Waals surface area contributed by atoms with Crippen LogP contribution in [0.25, 0.3) is 0 Å². The van der Waals surface area contributed by atoms with E-state index in [1.54, 1.807) is 0 Å². The Kier molecular flexibility index (Phi) is 4.12. The first kappa shape index (κ1) is 12.0. The van der Waals surface area contributed by atoms with Gasteiger partial charge in [-0.05, 0) is 25.0 Å². The molecule has 1 aromatic carbocycles. The summed E-state index contributed by atoms with van der Waals surface area (Å²) < 4.78 is 5.35. The molecule has 0 aliphatic carbocycles. The van der Waals surface area contributed by atoms with E-state index >= 15 is 0 Å². The van der Waals surface area contributed by atoms with Gasteiger partial charge in [-0.2, -0.15) is 0 Å². The smallest absolute Gasteiger partial charge is 0.194 e. The van der Waals surface area contributed by atoms with Gasteiger partial charge in [0.1, 0.15) is 12.4 Å². The minimum absolute atomic E-state index is 0.117. The van der Waals surface area contributed by atoms with Crippen LogP contribution >= 0.6 is 0 Å². The standard InChI is InChI=1S/C12H18O3/c1-3-6-10-7-4-5-8-11(10)15-9-12(2,13)14/h4-5,7-8,13-14H,3,6,9H2,1-2H3. The number of hydrogen-bond donors (Lipinski definition) is 2. The van der Waals surface area contributed by atoms with Crippen LogP contribution in [-0.4, -0.2) is 22.6 Å². The summed E-state index contributed by atoms with van der Waals surface area (Å²) in [4.78, 5) is 0. The van der Waals surface area contributed by atoms with Crippen LogP contribution in [0.2, 0.25) is 0 Å². The Morgan fingerprint density at radius 3 is 2.53 bits per heavy atom. The van der Waals surface area contributed by atoms with Crippen LogP contribution in [0.1, 0.15) is 25.8 Å². The van der Waals surface area contributed by atoms with E-state index in [4.69, 9.17) is 14.9 Å². The van der Waals surface area contributed by atoms with Gasteiger partial charge < -0.3 is 14.9 Å². The molecular weight excluding hydrogens is 192 g/mol. The molecule has 0 heterocycles. The van der Waals surface area contributed by atoms with Crippen LogP contribution in [0, 0.1) is 0 Å². The number of hydrogen-bond acceptors (Lipinski definition) is 3. The summed E-state index contributed by atoms with van der Waals surface area (Å²) >= 11 is 0. The maximum absolute atomic E-state index is 9.13. The van der Waals surface area contributed by atoms with Gasteiger partial charge >= 0.3 is 0 Å². The maximum Gasteiger partial charge on any atom is 0.194 e. The molecule has 0 atom stereocenters. The molecule has 84 valence electrons. The molecule has 0 saturated heterocycles. The Labute approximate surface area is 90.3 Å². The number of benzene rings is 1. The maximum atomic E-state index is 9.13. The molecule has 0 fully saturated rings. The van der Waals surface area contributed by atoms with Gasteiger partial charge in [0, 0.05) is 0 Å². The third-order valence-electron chi connectivity index (χ3n) is 1.99. The zero-order chi connectivity index (χ0) is 11.3. The summed E-state index contributed by atoms with van der Waals surface area (Å²) in [5.74, 6) is -1.05. The van der Waals surface area contributed by atoms with E-state index in [2.05, 4.69) is 6.92 Å². The molecule has 0 saturated carbocycles. The predicted octanol–water partition coefficient (Wildman–Crippen LogP) is 1.72. The zero-order valence-electron chi connectivity index (χ0n) is 9.23. The van der Waals surface area contributed by atoms with Crippen molar-refractivity contribution in [1.29, 1.82) is 0 Å². The van der Waals surface area contributed by atoms with Crippen LogP contribution in [-0.2, 0) is 6.42 Å². The topological polar surface area (TPSA) is 49.7 Å². The summed E-state index contributed by atoms with van der Waals surface area (Å²) in [7, 11) is 0. The van der Waals surface area contributed by atoms with Crippen LogP contribution < -0.4 is 4.74 Å². The highest BCUT2D eigenvalue weighted by molar-refractivity contribution is 5.33. The van der Waals surface area contributed by atoms with Crippen molar-refractivity contribution < 1.29 is 14.9 Å². The summed E-state index contributed by atoms with van der Waals surface area (Å²) in [6.07, 6.45) is 1.97. The second kappa shape index (κ2) is 5.14. The lowest BCUT2D eigenvalue weighted by Gasteiger charge is -2.18. The second-order valence-corrected chi connectivity index (χ2v) is 3.86. The second-order valence-electron chi connectivity index (χ2n) is 3.86. The van der Waals surface area contributed by atoms with Gasteiger partial charge in [0.2, 0.25) is 0 Å². The number of aryl methyl sites for hydroxylation is 1. The predicted molar refractivity (Wildman–Crippen MR) is 58.8 cm³/mol. The van der Waals surface area contributed by atoms with Gasteiger partial charge in [-0.25, -0.2) is 0 Å². The van der Waals surface area contributed by atoms with E-state index in [0.29, 0.717) is 0 Å². The van der Waals surface area contributed by atoms with Gasteiger partial charge in [-0.1, -0.05) is 31.5 Å². The van der Waals surface area contributed by atoms with Crippen LogP contribution in [0.5, 0.6) is 5.75 Å². The van der Waals surface area contributed by atoms with Crippen molar-refractivity contribution in [2.45, 2.75) is 32.5 Å². The molecule has 3 nitrogen and oxygen atoms in total. The number of para-hydroxylation sites is 1. The summed E-state index contributed by atoms with van der Waals surface area (Å²) in [6, 6.07) is 7.66. The largest absolute Gasteiger partial charge is 0.488 e. The fourth-order valence-corrected chi connectivity index (χ4v) is 1.33. The zero-order valence-corrected chi connectivity index (χ0v) is 9.23. The minimum atomic E-state index is -1.78. The van der Waals surface area contributed by atoms with Crippen molar-refractivity contribution in [3.63, 3.8) is 0 Å². The first-order valence-electron chi connectivity index (χ1n) is 5.18. The fraction of sp³-hybridized carbons (Fsp3) is 0.500. The molecule has 0 aliphatic heterocycles. The van der Waals surface area contributed by atoms with E-state index in [0.717, 1.165) is 24.2 Å². The van der Waals surface area contributed by atoms with Crippen molar-refractivity contribution >= 4 is 0 Å². The molecule has 3 heteroatoms. The molecule has 1 rings (SSSR count). The molecular formula is C12H18O3. The molecule has 15 heavy (non-hydrogen) atoms. The van der Waals surface area contributed by atoms with Gasteiger partial charge in [0.25, 0.3) is 0 Å². The van der Waals surface area contributed by atoms with Gasteiger partial charge in [0.15, 0.2) is 5.79 Å². The number of rotatable bonds is 5. The van der Waals surface area contributed by atoms with Crippen molar-refractivity contribution in [3.05, 3.63) is 29.8 Å². The Morgan fingerprint density at radius 1 is 1.27 bits per heavy atom. The monoisotopic (exact) mass is 210 g/mol. The van der Waals surface area contributed by atoms with E-state index in [9.17, 15) is 0 Å². The summed E-state index contributed by atoms with van der Waals surface area (Å²) in [5, 5.41) is 18.3. The van der Waals surface area contributed by atoms with Crippen LogP contribution in [0.3, 0.4) is 0 Å². The molecule has 0 spiro atoms. The molecule has 0 aromatic heterocycles. The average Bonchev–Trinajstić information content (AvgIpc) is 2.16. The van der Waals surface area contributed by atoms with Crippen molar-refractivity contribution in [2.75, 3.05) is 6.61 Å². The van der Waals surface area contributed by atoms with Crippen LogP contribution in [0.15, 0.2) is 24.3 Å². The quantitative estimate of drug-likeness (QED) is 0.727. The van der Waals surface area contributed by atoms with Gasteiger partial charge in [-0.3, -0.25) is 0 Å². The first-order valence-corrected chi connectivity index (χ1v) is 5.18. The summed E-state index contributed by atoms with van der Waals surface area (Å²) in [6.45, 7) is 3.28. The minimum Gasteiger partial charge on any atom is -0.488 e. The molecule has 0 bridgehead atoms. The molecule has 0 aliphatic rings. The third kappa shape index (κ3) is 4.32. The third-order valence-corrected chi connectivity index (χ3v) is 1.99. The lowest BCUT2D eigenvalue weighted by molar-refractivity contribution is -0.165. The highest BCUT2D eigenvalue weighted by atomic mass is 16.6. The van der Waals surface area contributed by atoms with Crippen molar-refractivity contribution in [1.82, 2.24) is 0 Å². The van der Waals surface area contributed by atoms with Gasteiger partial charge in [0.05, 0.1) is 0 Å². The SMILES string of the molecule is CCCc1ccccc1OCC(C)(O)O. The summed E-state index contributed by atoms with van der Waals surface area (Å²) in [5.41, 5.74) is 1.10. The van der Waals surface area contributed by atoms with Crippen LogP contribution in [0.4, 0.5) is 0 Å². The molecule has 0 amide bonds. The van der Waals surface area contributed by atoms with E-state index in [1.807, 2.05) is 24.3 Å². The Hall–Kier alpha value is -1.06. The Morgan fingerprint density at radius 2 is 1.93 bits per heavy atom.